The number of aromatic nitrogens is 7. The van der Waals surface area contributed by atoms with E-state index < -0.39 is 23.8 Å². The Balaban J connectivity index is 1.22. The highest BCUT2D eigenvalue weighted by molar-refractivity contribution is 5.96. The fourth-order valence-electron chi connectivity index (χ4n) is 7.09. The molecule has 1 amide bonds. The Hall–Kier alpha value is -5.98. The van der Waals surface area contributed by atoms with Crippen molar-refractivity contribution >= 4 is 33.7 Å². The lowest BCUT2D eigenvalue weighted by molar-refractivity contribution is -0.130. The average molecular weight is 688 g/mol. The third-order valence-corrected chi connectivity index (χ3v) is 9.41. The number of amides is 1. The van der Waals surface area contributed by atoms with Gasteiger partial charge in [0.15, 0.2) is 11.5 Å². The number of ether oxygens (including phenoxy) is 1. The Morgan fingerprint density at radius 3 is 2.80 bits per heavy atom. The molecule has 4 bridgehead atoms. The number of rotatable bonds is 5. The highest BCUT2D eigenvalue weighted by Crippen LogP contribution is 2.35. The highest BCUT2D eigenvalue weighted by atomic mass is 19.1. The molecule has 0 saturated carbocycles. The van der Waals surface area contributed by atoms with Crippen LogP contribution in [-0.4, -0.2) is 70.6 Å². The van der Waals surface area contributed by atoms with Gasteiger partial charge in [0.05, 0.1) is 29.3 Å². The maximum absolute atomic E-state index is 14.9. The number of halogens is 2. The van der Waals surface area contributed by atoms with Crippen molar-refractivity contribution < 1.29 is 18.3 Å². The van der Waals surface area contributed by atoms with Crippen LogP contribution >= 0.6 is 0 Å². The van der Waals surface area contributed by atoms with Crippen LogP contribution in [0, 0.1) is 11.6 Å². The summed E-state index contributed by atoms with van der Waals surface area (Å²) in [6.07, 6.45) is 12.8. The van der Waals surface area contributed by atoms with Crippen LogP contribution in [0.25, 0.3) is 38.9 Å². The van der Waals surface area contributed by atoms with E-state index in [0.717, 1.165) is 40.3 Å². The van der Waals surface area contributed by atoms with Gasteiger partial charge >= 0.3 is 0 Å². The summed E-state index contributed by atoms with van der Waals surface area (Å²) in [5.41, 5.74) is 4.05. The number of hydrogen-bond donors (Lipinski definition) is 0. The number of aryl methyl sites for hydroxylation is 2. The van der Waals surface area contributed by atoms with Gasteiger partial charge in [-0.25, -0.2) is 28.4 Å². The van der Waals surface area contributed by atoms with Crippen molar-refractivity contribution in [1.29, 1.82) is 0 Å². The van der Waals surface area contributed by atoms with Crippen LogP contribution in [0.2, 0.25) is 0 Å². The summed E-state index contributed by atoms with van der Waals surface area (Å²) in [5, 5.41) is 10.8. The van der Waals surface area contributed by atoms with E-state index in [1.807, 2.05) is 71.4 Å². The molecule has 2 atom stereocenters. The number of pyridine rings is 1. The summed E-state index contributed by atoms with van der Waals surface area (Å²) in [7, 11) is 1.95. The van der Waals surface area contributed by atoms with Gasteiger partial charge in [0, 0.05) is 55.0 Å². The van der Waals surface area contributed by atoms with Gasteiger partial charge in [-0.15, -0.1) is 0 Å². The summed E-state index contributed by atoms with van der Waals surface area (Å²) < 4.78 is 38.4. The van der Waals surface area contributed by atoms with Crippen molar-refractivity contribution in [1.82, 2.24) is 39.4 Å². The lowest BCUT2D eigenvalue weighted by Crippen LogP contribution is -2.44. The first kappa shape index (κ1) is 32.2. The monoisotopic (exact) mass is 687 g/mol. The Labute approximate surface area is 292 Å². The summed E-state index contributed by atoms with van der Waals surface area (Å²) in [5.74, 6) is -0.684. The number of hydrogen-bond acceptors (Lipinski definition) is 8. The van der Waals surface area contributed by atoms with Crippen molar-refractivity contribution in [2.75, 3.05) is 18.0 Å². The maximum Gasteiger partial charge on any atom is 0.249 e. The van der Waals surface area contributed by atoms with Crippen LogP contribution in [0.4, 0.5) is 14.6 Å². The zero-order valence-electron chi connectivity index (χ0n) is 28.2. The van der Waals surface area contributed by atoms with Gasteiger partial charge in [0.25, 0.3) is 0 Å². The van der Waals surface area contributed by atoms with E-state index in [4.69, 9.17) is 14.8 Å². The SMILES string of the molecule is CC/C=C\C=C/N1CCCc2c3c(cccc3nn2C)-c2cccc(n2)O[C@H]2C[C@@H](C1=O)N(c1ncnc3c1cnn3-c1ccc(F)cc1F)C2. The number of anilines is 1. The Bertz CT molecular complexity index is 2330. The van der Waals surface area contributed by atoms with Crippen molar-refractivity contribution in [3.8, 4) is 22.8 Å². The summed E-state index contributed by atoms with van der Waals surface area (Å²) >= 11 is 0. The average Bonchev–Trinajstić information content (AvgIpc) is 3.84. The molecule has 0 radical (unpaired) electrons. The third kappa shape index (κ3) is 5.98. The van der Waals surface area contributed by atoms with Gasteiger partial charge in [-0.05, 0) is 49.6 Å². The van der Waals surface area contributed by atoms with Crippen LogP contribution < -0.4 is 9.64 Å². The Morgan fingerprint density at radius 1 is 1.06 bits per heavy atom. The Morgan fingerprint density at radius 2 is 1.94 bits per heavy atom. The van der Waals surface area contributed by atoms with Crippen LogP contribution in [-0.2, 0) is 18.3 Å². The van der Waals surface area contributed by atoms with Crippen molar-refractivity contribution in [2.24, 2.45) is 7.05 Å². The van der Waals surface area contributed by atoms with Crippen LogP contribution in [0.5, 0.6) is 5.88 Å². The highest BCUT2D eigenvalue weighted by Gasteiger charge is 2.41. The molecule has 2 aliphatic rings. The summed E-state index contributed by atoms with van der Waals surface area (Å²) in [6, 6.07) is 14.4. The standard InChI is InChI=1S/C38H35F2N9O2/c1-3-4-5-6-17-47-18-9-13-32-35-26(10-7-12-30(35)45-46(32)2)29-11-8-14-34(44-29)51-25-20-33(38(47)50)48(22-25)36-27-21-43-49(37(27)42-23-41-36)31-16-15-24(39)19-28(31)40/h4-8,10-12,14-17,19,21,23,25,33H,3,9,13,18,20,22H2,1-2H3/b5-4-,17-6-/t25-,33-/m0/s1. The molecule has 8 rings (SSSR count). The quantitative estimate of drug-likeness (QED) is 0.194. The molecule has 4 aromatic heterocycles. The van der Waals surface area contributed by atoms with Gasteiger partial charge in [0.1, 0.15) is 35.8 Å². The summed E-state index contributed by atoms with van der Waals surface area (Å²) in [6.45, 7) is 2.84. The lowest BCUT2D eigenvalue weighted by atomic mass is 10.0. The minimum atomic E-state index is -0.778. The van der Waals surface area contributed by atoms with Gasteiger partial charge in [0.2, 0.25) is 11.8 Å². The molecule has 6 heterocycles. The third-order valence-electron chi connectivity index (χ3n) is 9.41. The van der Waals surface area contributed by atoms with Crippen molar-refractivity contribution in [3.63, 3.8) is 0 Å². The maximum atomic E-state index is 14.9. The number of nitrogens with zero attached hydrogens (tertiary/aromatic N) is 9. The smallest absolute Gasteiger partial charge is 0.249 e. The molecular formula is C38H35F2N9O2. The molecule has 11 nitrogen and oxygen atoms in total. The fraction of sp³-hybridized carbons (Fsp3) is 0.263. The molecule has 0 N–H and O–H groups in total. The normalized spacial score (nSPS) is 18.2. The number of carbonyl (C=O) groups excluding carboxylic acids is 1. The number of benzene rings is 2. The predicted octanol–water partition coefficient (Wildman–Crippen LogP) is 6.32. The molecule has 1 fully saturated rings. The van der Waals surface area contributed by atoms with E-state index in [1.165, 1.54) is 23.1 Å². The molecule has 0 unspecified atom stereocenters. The molecule has 0 spiro atoms. The molecule has 0 aliphatic carbocycles. The van der Waals surface area contributed by atoms with Gasteiger partial charge < -0.3 is 14.5 Å². The van der Waals surface area contributed by atoms with E-state index in [1.54, 1.807) is 11.1 Å². The molecule has 6 aromatic rings. The van der Waals surface area contributed by atoms with E-state index >= 15 is 0 Å². The molecule has 2 aromatic carbocycles. The first-order valence-corrected chi connectivity index (χ1v) is 17.0. The van der Waals surface area contributed by atoms with Gasteiger partial charge in [-0.1, -0.05) is 37.3 Å². The minimum Gasteiger partial charge on any atom is -0.472 e. The number of allylic oxidation sites excluding steroid dienone is 3. The first-order chi connectivity index (χ1) is 24.9. The van der Waals surface area contributed by atoms with E-state index in [0.29, 0.717) is 55.1 Å². The number of fused-ring (bicyclic) bond motifs is 6. The topological polar surface area (TPSA) is 107 Å². The predicted molar refractivity (Wildman–Crippen MR) is 189 cm³/mol. The van der Waals surface area contributed by atoms with E-state index in [-0.39, 0.29) is 11.6 Å². The molecule has 1 saturated heterocycles. The zero-order chi connectivity index (χ0) is 35.1. The van der Waals surface area contributed by atoms with Gasteiger partial charge in [-0.3, -0.25) is 9.48 Å². The second kappa shape index (κ2) is 13.4. The zero-order valence-corrected chi connectivity index (χ0v) is 28.2. The van der Waals surface area contributed by atoms with Crippen molar-refractivity contribution in [3.05, 3.63) is 109 Å². The van der Waals surface area contributed by atoms with E-state index in [2.05, 4.69) is 28.1 Å². The summed E-state index contributed by atoms with van der Waals surface area (Å²) in [4.78, 5) is 32.3. The van der Waals surface area contributed by atoms with Crippen LogP contribution in [0.15, 0.2) is 91.5 Å². The van der Waals surface area contributed by atoms with Crippen LogP contribution in [0.1, 0.15) is 31.9 Å². The second-order valence-electron chi connectivity index (χ2n) is 12.7. The largest absolute Gasteiger partial charge is 0.472 e. The molecule has 258 valence electrons. The Kier molecular flexibility index (Phi) is 8.46. The molecule has 13 heteroatoms. The van der Waals surface area contributed by atoms with Crippen LogP contribution in [0.3, 0.4) is 0 Å². The van der Waals surface area contributed by atoms with Gasteiger partial charge in [-0.2, -0.15) is 10.2 Å². The molecule has 2 aliphatic heterocycles. The lowest BCUT2D eigenvalue weighted by Gasteiger charge is -2.29. The number of carbonyl (C=O) groups is 1. The molecular weight excluding hydrogens is 652 g/mol. The van der Waals surface area contributed by atoms with E-state index in [9.17, 15) is 13.6 Å². The second-order valence-corrected chi connectivity index (χ2v) is 12.7. The molecule has 51 heavy (non-hydrogen) atoms. The van der Waals surface area contributed by atoms with Crippen molar-refractivity contribution in [2.45, 2.75) is 44.8 Å². The minimum absolute atomic E-state index is 0.0439. The first-order valence-electron chi connectivity index (χ1n) is 17.0. The fourth-order valence-corrected chi connectivity index (χ4v) is 7.09.